The Morgan fingerprint density at radius 3 is 2.45 bits per heavy atom. The summed E-state index contributed by atoms with van der Waals surface area (Å²) >= 11 is 6.17. The fourth-order valence-corrected chi connectivity index (χ4v) is 7.14. The molecular formula is C29H32ClF3N2O3. The third kappa shape index (κ3) is 4.34. The van der Waals surface area contributed by atoms with E-state index in [1.54, 1.807) is 13.0 Å². The van der Waals surface area contributed by atoms with Gasteiger partial charge in [0.25, 0.3) is 0 Å². The fourth-order valence-electron chi connectivity index (χ4n) is 6.96. The van der Waals surface area contributed by atoms with Crippen molar-refractivity contribution < 1.29 is 27.9 Å². The number of Topliss-reactive ketones (excluding diaryl/α,β-unsaturated/α-hetero) is 1. The molecule has 2 fully saturated rings. The highest BCUT2D eigenvalue weighted by Crippen LogP contribution is 2.57. The van der Waals surface area contributed by atoms with Crippen LogP contribution in [0.5, 0.6) is 0 Å². The zero-order chi connectivity index (χ0) is 27.8. The summed E-state index contributed by atoms with van der Waals surface area (Å²) in [6.07, 6.45) is 1.45. The summed E-state index contributed by atoms with van der Waals surface area (Å²) < 4.78 is 44.7. The van der Waals surface area contributed by atoms with Crippen LogP contribution in [0.2, 0.25) is 5.02 Å². The summed E-state index contributed by atoms with van der Waals surface area (Å²) in [7, 11) is 0. The van der Waals surface area contributed by atoms with Crippen LogP contribution in [0.1, 0.15) is 70.4 Å². The van der Waals surface area contributed by atoms with Gasteiger partial charge in [0, 0.05) is 30.1 Å². The smallest absolute Gasteiger partial charge is 0.237 e. The standard InChI is InChI=1S/C29H32ClF3N2O3/c1-27(2,3)13-22-29(16-9-18(31)19(32)10-20(16)34-26(29)37)23(15-6-5-7-17(30)24(15)33)25(35-22)21(36)8-14-11-28(4,38)12-14/h5-7,9-10,14,22-23,25,35,38H,8,11-13H2,1-4H3,(H,34,37)/t14?,22-,23+,25+,28?,29+/m1/s1. The molecule has 0 unspecified atom stereocenters. The lowest BCUT2D eigenvalue weighted by atomic mass is 9.61. The van der Waals surface area contributed by atoms with E-state index in [0.29, 0.717) is 19.3 Å². The molecule has 5 rings (SSSR count). The number of carbonyl (C=O) groups is 2. The van der Waals surface area contributed by atoms with Gasteiger partial charge < -0.3 is 15.7 Å². The summed E-state index contributed by atoms with van der Waals surface area (Å²) in [5.74, 6) is -4.91. The summed E-state index contributed by atoms with van der Waals surface area (Å²) in [6.45, 7) is 7.64. The predicted octanol–water partition coefficient (Wildman–Crippen LogP) is 5.63. The summed E-state index contributed by atoms with van der Waals surface area (Å²) in [5, 5.41) is 16.1. The van der Waals surface area contributed by atoms with Crippen molar-refractivity contribution in [1.82, 2.24) is 5.32 Å². The van der Waals surface area contributed by atoms with Gasteiger partial charge in [0.15, 0.2) is 17.4 Å². The van der Waals surface area contributed by atoms with Crippen molar-refractivity contribution in [2.24, 2.45) is 11.3 Å². The first kappa shape index (κ1) is 27.2. The Bertz CT molecular complexity index is 1320. The SMILES string of the molecule is CC(C)(C)C[C@H]1N[C@@H](C(=O)CC2CC(C)(O)C2)[C@H](c2cccc(Cl)c2F)[C@@]12C(=O)Nc1cc(F)c(F)cc12. The van der Waals surface area contributed by atoms with Crippen molar-refractivity contribution in [3.63, 3.8) is 0 Å². The second-order valence-corrected chi connectivity index (χ2v) is 13.1. The molecule has 5 nitrogen and oxygen atoms in total. The number of hydrogen-bond donors (Lipinski definition) is 3. The largest absolute Gasteiger partial charge is 0.390 e. The summed E-state index contributed by atoms with van der Waals surface area (Å²) in [4.78, 5) is 27.9. The lowest BCUT2D eigenvalue weighted by Gasteiger charge is -2.41. The van der Waals surface area contributed by atoms with Crippen molar-refractivity contribution in [3.8, 4) is 0 Å². The van der Waals surface area contributed by atoms with E-state index < -0.39 is 52.4 Å². The van der Waals surface area contributed by atoms with Gasteiger partial charge in [-0.3, -0.25) is 9.59 Å². The first-order valence-electron chi connectivity index (χ1n) is 12.9. The number of amides is 1. The monoisotopic (exact) mass is 548 g/mol. The molecule has 3 N–H and O–H groups in total. The number of rotatable bonds is 5. The van der Waals surface area contributed by atoms with Crippen molar-refractivity contribution in [3.05, 3.63) is 63.9 Å². The number of benzene rings is 2. The molecule has 2 heterocycles. The Morgan fingerprint density at radius 1 is 1.16 bits per heavy atom. The number of hydrogen-bond acceptors (Lipinski definition) is 4. The van der Waals surface area contributed by atoms with E-state index >= 15 is 4.39 Å². The molecule has 2 aromatic rings. The molecule has 38 heavy (non-hydrogen) atoms. The van der Waals surface area contributed by atoms with E-state index in [2.05, 4.69) is 10.6 Å². The molecule has 1 spiro atoms. The molecule has 0 aromatic heterocycles. The normalized spacial score (nSPS) is 32.3. The van der Waals surface area contributed by atoms with Crippen LogP contribution in [-0.4, -0.2) is 34.5 Å². The maximum Gasteiger partial charge on any atom is 0.237 e. The molecule has 2 aromatic carbocycles. The van der Waals surface area contributed by atoms with Gasteiger partial charge in [-0.1, -0.05) is 44.5 Å². The summed E-state index contributed by atoms with van der Waals surface area (Å²) in [5.41, 5.74) is -2.41. The number of halogens is 4. The molecule has 0 radical (unpaired) electrons. The lowest BCUT2D eigenvalue weighted by Crippen LogP contribution is -2.49. The van der Waals surface area contributed by atoms with Gasteiger partial charge in [-0.2, -0.15) is 0 Å². The van der Waals surface area contributed by atoms with E-state index in [1.807, 2.05) is 20.8 Å². The van der Waals surface area contributed by atoms with Crippen LogP contribution >= 0.6 is 11.6 Å². The van der Waals surface area contributed by atoms with Gasteiger partial charge in [0.2, 0.25) is 5.91 Å². The third-order valence-corrected chi connectivity index (χ3v) is 8.60. The van der Waals surface area contributed by atoms with Gasteiger partial charge in [-0.05, 0) is 60.8 Å². The van der Waals surface area contributed by atoms with E-state index in [9.17, 15) is 23.5 Å². The van der Waals surface area contributed by atoms with Crippen LogP contribution in [0.15, 0.2) is 30.3 Å². The molecule has 9 heteroatoms. The quantitative estimate of drug-likeness (QED) is 0.453. The number of fused-ring (bicyclic) bond motifs is 2. The van der Waals surface area contributed by atoms with Crippen molar-refractivity contribution in [1.29, 1.82) is 0 Å². The molecule has 0 bridgehead atoms. The van der Waals surface area contributed by atoms with E-state index in [1.165, 1.54) is 12.1 Å². The van der Waals surface area contributed by atoms with Crippen molar-refractivity contribution in [2.75, 3.05) is 5.32 Å². The molecule has 2 aliphatic heterocycles. The zero-order valence-electron chi connectivity index (χ0n) is 21.8. The molecule has 1 amide bonds. The summed E-state index contributed by atoms with van der Waals surface area (Å²) in [6, 6.07) is 4.66. The number of anilines is 1. The lowest BCUT2D eigenvalue weighted by molar-refractivity contribution is -0.126. The zero-order valence-corrected chi connectivity index (χ0v) is 22.6. The Hall–Kier alpha value is -2.42. The molecular weight excluding hydrogens is 517 g/mol. The number of aliphatic hydroxyl groups is 1. The van der Waals surface area contributed by atoms with Crippen molar-refractivity contribution in [2.45, 2.75) is 82.4 Å². The Labute approximate surface area is 225 Å². The van der Waals surface area contributed by atoms with Crippen LogP contribution in [0.3, 0.4) is 0 Å². The fraction of sp³-hybridized carbons (Fsp3) is 0.517. The average molecular weight is 549 g/mol. The highest BCUT2D eigenvalue weighted by molar-refractivity contribution is 6.30. The third-order valence-electron chi connectivity index (χ3n) is 8.31. The predicted molar refractivity (Wildman–Crippen MR) is 139 cm³/mol. The Morgan fingerprint density at radius 2 is 1.82 bits per heavy atom. The Balaban J connectivity index is 1.71. The van der Waals surface area contributed by atoms with Crippen LogP contribution in [0.25, 0.3) is 0 Å². The highest BCUT2D eigenvalue weighted by atomic mass is 35.5. The molecule has 1 aliphatic carbocycles. The topological polar surface area (TPSA) is 78.4 Å². The van der Waals surface area contributed by atoms with Crippen molar-refractivity contribution >= 4 is 29.0 Å². The van der Waals surface area contributed by atoms with Crippen LogP contribution in [0.4, 0.5) is 18.9 Å². The Kier molecular flexibility index (Phi) is 6.48. The van der Waals surface area contributed by atoms with Crippen LogP contribution in [-0.2, 0) is 15.0 Å². The van der Waals surface area contributed by atoms with Gasteiger partial charge in [-0.25, -0.2) is 13.2 Å². The van der Waals surface area contributed by atoms with E-state index in [0.717, 1.165) is 12.1 Å². The minimum Gasteiger partial charge on any atom is -0.390 e. The average Bonchev–Trinajstić information content (AvgIpc) is 3.24. The van der Waals surface area contributed by atoms with Gasteiger partial charge >= 0.3 is 0 Å². The number of ketones is 1. The highest BCUT2D eigenvalue weighted by Gasteiger charge is 2.66. The van der Waals surface area contributed by atoms with E-state index in [4.69, 9.17) is 11.6 Å². The van der Waals surface area contributed by atoms with Crippen LogP contribution < -0.4 is 10.6 Å². The van der Waals surface area contributed by atoms with Gasteiger partial charge in [0.05, 0.1) is 16.7 Å². The molecule has 4 atom stereocenters. The molecule has 1 saturated heterocycles. The molecule has 1 saturated carbocycles. The van der Waals surface area contributed by atoms with E-state index in [-0.39, 0.29) is 45.4 Å². The molecule has 3 aliphatic rings. The second kappa shape index (κ2) is 9.07. The first-order valence-corrected chi connectivity index (χ1v) is 13.3. The second-order valence-electron chi connectivity index (χ2n) is 12.7. The maximum atomic E-state index is 15.7. The minimum absolute atomic E-state index is 0.0435. The minimum atomic E-state index is -1.60. The van der Waals surface area contributed by atoms with Crippen LogP contribution in [0, 0.1) is 28.8 Å². The molecule has 204 valence electrons. The van der Waals surface area contributed by atoms with Gasteiger partial charge in [-0.15, -0.1) is 0 Å². The van der Waals surface area contributed by atoms with Gasteiger partial charge in [0.1, 0.15) is 11.2 Å². The first-order chi connectivity index (χ1) is 17.6. The number of carbonyl (C=O) groups excluding carboxylic acids is 2. The maximum absolute atomic E-state index is 15.7. The number of nitrogens with one attached hydrogen (secondary N) is 2.